The topological polar surface area (TPSA) is 50.9 Å². The van der Waals surface area contributed by atoms with E-state index in [0.717, 1.165) is 28.2 Å². The Labute approximate surface area is 127 Å². The van der Waals surface area contributed by atoms with Gasteiger partial charge in [-0.3, -0.25) is 4.98 Å². The highest BCUT2D eigenvalue weighted by Crippen LogP contribution is 2.31. The van der Waals surface area contributed by atoms with E-state index in [9.17, 15) is 0 Å². The van der Waals surface area contributed by atoms with E-state index in [1.54, 1.807) is 0 Å². The summed E-state index contributed by atoms with van der Waals surface area (Å²) in [5, 5.41) is 4.86. The van der Waals surface area contributed by atoms with Gasteiger partial charge < -0.3 is 11.1 Å². The van der Waals surface area contributed by atoms with Crippen LogP contribution in [-0.4, -0.2) is 11.0 Å². The molecule has 1 aliphatic rings. The molecule has 3 nitrogen and oxygen atoms in total. The van der Waals surface area contributed by atoms with E-state index in [4.69, 9.17) is 5.73 Å². The van der Waals surface area contributed by atoms with Crippen molar-refractivity contribution in [1.29, 1.82) is 0 Å². The van der Waals surface area contributed by atoms with Crippen LogP contribution in [0.2, 0.25) is 0 Å². The lowest BCUT2D eigenvalue weighted by Crippen LogP contribution is -2.27. The van der Waals surface area contributed by atoms with Crippen molar-refractivity contribution in [2.45, 2.75) is 52.0 Å². The van der Waals surface area contributed by atoms with Gasteiger partial charge in [-0.15, -0.1) is 0 Å². The smallest absolute Gasteiger partial charge is 0.0727 e. The molecule has 1 fully saturated rings. The summed E-state index contributed by atoms with van der Waals surface area (Å²) >= 11 is 0. The first-order valence-electron chi connectivity index (χ1n) is 8.07. The van der Waals surface area contributed by atoms with Crippen LogP contribution in [0.25, 0.3) is 10.9 Å². The molecule has 1 aromatic heterocycles. The molecule has 1 aliphatic carbocycles. The summed E-state index contributed by atoms with van der Waals surface area (Å²) in [6.45, 7) is 4.36. The molecule has 1 saturated carbocycles. The van der Waals surface area contributed by atoms with Crippen molar-refractivity contribution in [2.24, 2.45) is 5.92 Å². The lowest BCUT2D eigenvalue weighted by molar-refractivity contribution is 0.328. The van der Waals surface area contributed by atoms with Crippen LogP contribution in [0.15, 0.2) is 24.3 Å². The molecule has 0 aliphatic heterocycles. The minimum atomic E-state index is 0.497. The molecular formula is C18H25N3. The monoisotopic (exact) mass is 283 g/mol. The van der Waals surface area contributed by atoms with Crippen molar-refractivity contribution in [3.8, 4) is 0 Å². The van der Waals surface area contributed by atoms with Crippen LogP contribution in [0.4, 0.5) is 11.4 Å². The van der Waals surface area contributed by atoms with Gasteiger partial charge >= 0.3 is 0 Å². The number of nitrogens with one attached hydrogen (secondary N) is 1. The Kier molecular flexibility index (Phi) is 4.00. The van der Waals surface area contributed by atoms with Gasteiger partial charge in [0.25, 0.3) is 0 Å². The first-order valence-corrected chi connectivity index (χ1v) is 8.07. The van der Waals surface area contributed by atoms with Gasteiger partial charge in [0.1, 0.15) is 0 Å². The maximum absolute atomic E-state index is 5.95. The number of benzene rings is 1. The predicted octanol–water partition coefficient (Wildman–Crippen LogP) is 4.51. The third kappa shape index (κ3) is 3.12. The fraction of sp³-hybridized carbons (Fsp3) is 0.500. The molecule has 0 amide bonds. The average molecular weight is 283 g/mol. The molecular weight excluding hydrogens is 258 g/mol. The molecule has 0 radical (unpaired) electrons. The van der Waals surface area contributed by atoms with Gasteiger partial charge in [-0.2, -0.15) is 0 Å². The zero-order valence-electron chi connectivity index (χ0n) is 13.0. The Morgan fingerprint density at radius 3 is 2.71 bits per heavy atom. The fourth-order valence-corrected chi connectivity index (χ4v) is 3.49. The first kappa shape index (κ1) is 14.2. The number of nitrogens with two attached hydrogens (primary N) is 1. The maximum Gasteiger partial charge on any atom is 0.0727 e. The normalized spacial score (nSPS) is 17.8. The molecule has 21 heavy (non-hydrogen) atoms. The Morgan fingerprint density at radius 1 is 1.19 bits per heavy atom. The highest BCUT2D eigenvalue weighted by Gasteiger charge is 2.20. The molecule has 0 saturated heterocycles. The molecule has 0 spiro atoms. The molecule has 112 valence electrons. The number of aryl methyl sites for hydroxylation is 1. The molecule has 3 heteroatoms. The summed E-state index contributed by atoms with van der Waals surface area (Å²) in [5.74, 6) is 0.781. The number of nitrogen functional groups attached to an aromatic ring is 1. The predicted molar refractivity (Wildman–Crippen MR) is 90.6 cm³/mol. The van der Waals surface area contributed by atoms with Crippen molar-refractivity contribution in [3.05, 3.63) is 30.0 Å². The van der Waals surface area contributed by atoms with Crippen LogP contribution in [-0.2, 0) is 0 Å². The third-order valence-corrected chi connectivity index (χ3v) is 4.70. The maximum atomic E-state index is 5.95. The van der Waals surface area contributed by atoms with Crippen LogP contribution in [0, 0.1) is 12.8 Å². The minimum absolute atomic E-state index is 0.497. The number of pyridine rings is 1. The van der Waals surface area contributed by atoms with Crippen molar-refractivity contribution in [3.63, 3.8) is 0 Å². The Hall–Kier alpha value is -1.77. The minimum Gasteiger partial charge on any atom is -0.399 e. The molecule has 3 N–H and O–H groups in total. The van der Waals surface area contributed by atoms with Gasteiger partial charge in [0, 0.05) is 28.5 Å². The number of hydrogen-bond acceptors (Lipinski definition) is 3. The van der Waals surface area contributed by atoms with Crippen LogP contribution in [0.5, 0.6) is 0 Å². The van der Waals surface area contributed by atoms with E-state index in [0.29, 0.717) is 6.04 Å². The molecule has 2 aromatic rings. The van der Waals surface area contributed by atoms with Crippen molar-refractivity contribution >= 4 is 22.3 Å². The summed E-state index contributed by atoms with van der Waals surface area (Å²) < 4.78 is 0. The lowest BCUT2D eigenvalue weighted by Gasteiger charge is -2.29. The second-order valence-corrected chi connectivity index (χ2v) is 6.42. The van der Waals surface area contributed by atoms with Crippen molar-refractivity contribution < 1.29 is 0 Å². The number of anilines is 2. The molecule has 1 heterocycles. The highest BCUT2D eigenvalue weighted by molar-refractivity contribution is 5.93. The zero-order valence-corrected chi connectivity index (χ0v) is 13.0. The van der Waals surface area contributed by atoms with Crippen LogP contribution in [0.3, 0.4) is 0 Å². The summed E-state index contributed by atoms with van der Waals surface area (Å²) in [6, 6.07) is 8.59. The van der Waals surface area contributed by atoms with Crippen LogP contribution in [0.1, 0.15) is 44.7 Å². The van der Waals surface area contributed by atoms with Gasteiger partial charge in [-0.25, -0.2) is 0 Å². The molecule has 0 bridgehead atoms. The van der Waals surface area contributed by atoms with Crippen molar-refractivity contribution in [2.75, 3.05) is 11.1 Å². The van der Waals surface area contributed by atoms with Gasteiger partial charge in [0.15, 0.2) is 0 Å². The van der Waals surface area contributed by atoms with E-state index in [1.807, 2.05) is 25.1 Å². The number of aromatic nitrogens is 1. The lowest BCUT2D eigenvalue weighted by atomic mass is 9.84. The van der Waals surface area contributed by atoms with Gasteiger partial charge in [-0.05, 0) is 56.9 Å². The summed E-state index contributed by atoms with van der Waals surface area (Å²) in [6.07, 6.45) is 6.84. The average Bonchev–Trinajstić information content (AvgIpc) is 2.49. The second kappa shape index (κ2) is 5.92. The fourth-order valence-electron chi connectivity index (χ4n) is 3.49. The summed E-state index contributed by atoms with van der Waals surface area (Å²) in [7, 11) is 0. The van der Waals surface area contributed by atoms with E-state index in [1.165, 1.54) is 37.8 Å². The zero-order chi connectivity index (χ0) is 14.8. The largest absolute Gasteiger partial charge is 0.399 e. The standard InChI is InChI=1S/C18H25N3/c1-12-10-18(16-11-15(19)8-9-17(16)20-12)21-13(2)14-6-4-3-5-7-14/h8-11,13-14H,3-7,19H2,1-2H3,(H,20,21). The molecule has 3 rings (SSSR count). The molecule has 1 atom stereocenters. The number of rotatable bonds is 3. The van der Waals surface area contributed by atoms with Gasteiger partial charge in [-0.1, -0.05) is 19.3 Å². The van der Waals surface area contributed by atoms with E-state index < -0.39 is 0 Å². The quantitative estimate of drug-likeness (QED) is 0.815. The number of hydrogen-bond donors (Lipinski definition) is 2. The Bertz CT molecular complexity index is 630. The Balaban J connectivity index is 1.90. The van der Waals surface area contributed by atoms with Crippen LogP contribution >= 0.6 is 0 Å². The third-order valence-electron chi connectivity index (χ3n) is 4.70. The molecule has 1 unspecified atom stereocenters. The SMILES string of the molecule is Cc1cc(NC(C)C2CCCCC2)c2cc(N)ccc2n1. The molecule has 1 aromatic carbocycles. The highest BCUT2D eigenvalue weighted by atomic mass is 14.9. The van der Waals surface area contributed by atoms with E-state index in [-0.39, 0.29) is 0 Å². The summed E-state index contributed by atoms with van der Waals surface area (Å²) in [5.41, 5.74) is 9.97. The van der Waals surface area contributed by atoms with E-state index >= 15 is 0 Å². The van der Waals surface area contributed by atoms with Crippen LogP contribution < -0.4 is 11.1 Å². The van der Waals surface area contributed by atoms with Crippen molar-refractivity contribution in [1.82, 2.24) is 4.98 Å². The summed E-state index contributed by atoms with van der Waals surface area (Å²) in [4.78, 5) is 4.60. The van der Waals surface area contributed by atoms with Gasteiger partial charge in [0.2, 0.25) is 0 Å². The van der Waals surface area contributed by atoms with Gasteiger partial charge in [0.05, 0.1) is 5.52 Å². The second-order valence-electron chi connectivity index (χ2n) is 6.42. The van der Waals surface area contributed by atoms with E-state index in [2.05, 4.69) is 23.3 Å². The number of nitrogens with zero attached hydrogens (tertiary/aromatic N) is 1. The number of fused-ring (bicyclic) bond motifs is 1. The first-order chi connectivity index (χ1) is 10.1. The Morgan fingerprint density at radius 2 is 1.95 bits per heavy atom.